The highest BCUT2D eigenvalue weighted by molar-refractivity contribution is 6.30. The van der Waals surface area contributed by atoms with Crippen molar-refractivity contribution in [3.05, 3.63) is 76.6 Å². The summed E-state index contributed by atoms with van der Waals surface area (Å²) in [7, 11) is 2.15. The van der Waals surface area contributed by atoms with Crippen molar-refractivity contribution in [2.24, 2.45) is 5.92 Å². The number of rotatable bonds is 2. The first kappa shape index (κ1) is 18.5. The number of hydrogen-bond acceptors (Lipinski definition) is 2. The molecule has 1 amide bonds. The second kappa shape index (κ2) is 7.05. The third-order valence-corrected chi connectivity index (χ3v) is 6.54. The van der Waals surface area contributed by atoms with Crippen molar-refractivity contribution in [3.63, 3.8) is 0 Å². The van der Waals surface area contributed by atoms with Gasteiger partial charge in [-0.1, -0.05) is 42.8 Å². The Morgan fingerprint density at radius 2 is 1.93 bits per heavy atom. The molecule has 4 nitrogen and oxygen atoms in total. The van der Waals surface area contributed by atoms with E-state index in [1.807, 2.05) is 37.4 Å². The molecule has 2 unspecified atom stereocenters. The number of benzene rings is 2. The van der Waals surface area contributed by atoms with Crippen LogP contribution in [-0.2, 0) is 17.8 Å². The highest BCUT2D eigenvalue weighted by atomic mass is 35.5. The number of halogens is 1. The number of nitrogens with zero attached hydrogens (tertiary/aromatic N) is 2. The second-order valence-electron chi connectivity index (χ2n) is 8.22. The molecule has 0 fully saturated rings. The first-order valence-electron chi connectivity index (χ1n) is 10.1. The zero-order valence-corrected chi connectivity index (χ0v) is 17.4. The van der Waals surface area contributed by atoms with E-state index in [9.17, 15) is 4.79 Å². The number of anilines is 1. The molecule has 148 valence electrons. The van der Waals surface area contributed by atoms with Crippen molar-refractivity contribution in [1.29, 1.82) is 0 Å². The van der Waals surface area contributed by atoms with Crippen LogP contribution in [0.1, 0.15) is 29.7 Å². The van der Waals surface area contributed by atoms with E-state index in [0.717, 1.165) is 36.3 Å². The number of fused-ring (bicyclic) bond motifs is 3. The maximum Gasteiger partial charge on any atom is 0.234 e. The Kier molecular flexibility index (Phi) is 4.49. The van der Waals surface area contributed by atoms with Gasteiger partial charge in [0.1, 0.15) is 0 Å². The molecule has 0 aliphatic carbocycles. The summed E-state index contributed by atoms with van der Waals surface area (Å²) in [6, 6.07) is 14.1. The molecule has 0 saturated carbocycles. The van der Waals surface area contributed by atoms with E-state index in [1.54, 1.807) is 4.90 Å². The van der Waals surface area contributed by atoms with Gasteiger partial charge in [-0.2, -0.15) is 0 Å². The van der Waals surface area contributed by atoms with E-state index in [-0.39, 0.29) is 17.7 Å². The maximum atomic E-state index is 13.2. The maximum absolute atomic E-state index is 13.2. The predicted molar refractivity (Wildman–Crippen MR) is 118 cm³/mol. The number of aromatic nitrogens is 1. The minimum absolute atomic E-state index is 0.0630. The number of hydrogen-bond donors (Lipinski definition) is 1. The summed E-state index contributed by atoms with van der Waals surface area (Å²) in [6.07, 6.45) is 5.10. The third kappa shape index (κ3) is 3.17. The van der Waals surface area contributed by atoms with Crippen molar-refractivity contribution < 1.29 is 4.79 Å². The van der Waals surface area contributed by atoms with Crippen LogP contribution in [-0.4, -0.2) is 29.4 Å². The molecule has 3 heterocycles. The number of H-pyrrole nitrogens is 1. The fraction of sp³-hybridized carbons (Fsp3) is 0.292. The molecule has 0 spiro atoms. The molecular formula is C24H24ClN3O. The van der Waals surface area contributed by atoms with Crippen LogP contribution in [0, 0.1) is 5.92 Å². The lowest BCUT2D eigenvalue weighted by Crippen LogP contribution is -2.36. The van der Waals surface area contributed by atoms with Crippen molar-refractivity contribution in [1.82, 2.24) is 9.88 Å². The number of likely N-dealkylation sites (N-methyl/N-ethyl adjacent to an activating group) is 1. The molecule has 3 aromatic rings. The number of aromatic amines is 1. The molecule has 5 heteroatoms. The molecule has 1 aromatic heterocycles. The van der Waals surface area contributed by atoms with Crippen LogP contribution in [0.4, 0.5) is 5.69 Å². The molecule has 2 atom stereocenters. The number of carbonyl (C=O) groups is 1. The van der Waals surface area contributed by atoms with Crippen LogP contribution in [0.3, 0.4) is 0 Å². The van der Waals surface area contributed by atoms with Gasteiger partial charge in [0.15, 0.2) is 0 Å². The second-order valence-corrected chi connectivity index (χ2v) is 8.65. The summed E-state index contributed by atoms with van der Waals surface area (Å²) in [5.41, 5.74) is 5.84. The van der Waals surface area contributed by atoms with Gasteiger partial charge in [0.25, 0.3) is 0 Å². The zero-order valence-electron chi connectivity index (χ0n) is 16.7. The first-order valence-corrected chi connectivity index (χ1v) is 10.5. The molecule has 1 N–H and O–H groups in total. The van der Waals surface area contributed by atoms with Gasteiger partial charge in [0.05, 0.1) is 5.69 Å². The molecule has 0 radical (unpaired) electrons. The first-order chi connectivity index (χ1) is 14.0. The van der Waals surface area contributed by atoms with Crippen LogP contribution in [0.2, 0.25) is 5.02 Å². The number of nitrogens with one attached hydrogen (secondary N) is 1. The summed E-state index contributed by atoms with van der Waals surface area (Å²) in [5.74, 6) is 0.0401. The Morgan fingerprint density at radius 1 is 1.14 bits per heavy atom. The van der Waals surface area contributed by atoms with Crippen molar-refractivity contribution >= 4 is 34.1 Å². The molecule has 0 saturated heterocycles. The van der Waals surface area contributed by atoms with E-state index in [0.29, 0.717) is 5.02 Å². The molecule has 2 aliphatic heterocycles. The highest BCUT2D eigenvalue weighted by Crippen LogP contribution is 2.36. The molecule has 0 bridgehead atoms. The Bertz CT molecular complexity index is 1120. The lowest BCUT2D eigenvalue weighted by molar-refractivity contribution is -0.122. The number of carbonyl (C=O) groups excluding carboxylic acids is 1. The van der Waals surface area contributed by atoms with Crippen molar-refractivity contribution in [2.75, 3.05) is 18.5 Å². The summed E-state index contributed by atoms with van der Waals surface area (Å²) < 4.78 is 0. The quantitative estimate of drug-likeness (QED) is 0.645. The Balaban J connectivity index is 1.48. The monoisotopic (exact) mass is 405 g/mol. The van der Waals surface area contributed by atoms with Gasteiger partial charge in [-0.25, -0.2) is 0 Å². The fourth-order valence-electron chi connectivity index (χ4n) is 4.61. The minimum Gasteiger partial charge on any atom is -0.357 e. The van der Waals surface area contributed by atoms with Gasteiger partial charge < -0.3 is 9.88 Å². The lowest BCUT2D eigenvalue weighted by Gasteiger charge is -2.31. The molecule has 5 rings (SSSR count). The normalized spacial score (nSPS) is 22.3. The van der Waals surface area contributed by atoms with Crippen LogP contribution in [0.15, 0.2) is 54.7 Å². The van der Waals surface area contributed by atoms with Crippen LogP contribution < -0.4 is 4.90 Å². The topological polar surface area (TPSA) is 39.3 Å². The van der Waals surface area contributed by atoms with E-state index in [2.05, 4.69) is 41.2 Å². The SMILES string of the molecule is CC1C(=O)N(c2ccc3c4c([nH]c3c2)CN(C)CC4)C=CC1c1ccc(Cl)cc1. The number of allylic oxidation sites excluding steroid dienone is 1. The summed E-state index contributed by atoms with van der Waals surface area (Å²) in [6.45, 7) is 4.03. The minimum atomic E-state index is -0.137. The third-order valence-electron chi connectivity index (χ3n) is 6.29. The Morgan fingerprint density at radius 3 is 2.72 bits per heavy atom. The Hall–Kier alpha value is -2.56. The van der Waals surface area contributed by atoms with Gasteiger partial charge >= 0.3 is 0 Å². The van der Waals surface area contributed by atoms with Crippen LogP contribution in [0.5, 0.6) is 0 Å². The summed E-state index contributed by atoms with van der Waals surface area (Å²) >= 11 is 6.01. The molecule has 2 aromatic carbocycles. The zero-order chi connectivity index (χ0) is 20.1. The van der Waals surface area contributed by atoms with Gasteiger partial charge in [-0.15, -0.1) is 0 Å². The van der Waals surface area contributed by atoms with E-state index in [4.69, 9.17) is 11.6 Å². The average Bonchev–Trinajstić information content (AvgIpc) is 3.07. The highest BCUT2D eigenvalue weighted by Gasteiger charge is 2.31. The van der Waals surface area contributed by atoms with E-state index in [1.165, 1.54) is 16.6 Å². The van der Waals surface area contributed by atoms with Crippen molar-refractivity contribution in [3.8, 4) is 0 Å². The predicted octanol–water partition coefficient (Wildman–Crippen LogP) is 5.09. The number of amides is 1. The smallest absolute Gasteiger partial charge is 0.234 e. The van der Waals surface area contributed by atoms with Gasteiger partial charge in [0, 0.05) is 52.7 Å². The standard InChI is InChI=1S/C24H24ClN3O/c1-15-19(16-3-5-17(25)6-4-16)10-12-28(24(15)29)18-7-8-20-21-9-11-27(2)14-23(21)26-22(20)13-18/h3-8,10,12-13,15,19,26H,9,11,14H2,1-2H3. The van der Waals surface area contributed by atoms with Gasteiger partial charge in [0.2, 0.25) is 5.91 Å². The van der Waals surface area contributed by atoms with Crippen LogP contribution >= 0.6 is 11.6 Å². The largest absolute Gasteiger partial charge is 0.357 e. The van der Waals surface area contributed by atoms with Gasteiger partial charge in [-0.05, 0) is 48.9 Å². The lowest BCUT2D eigenvalue weighted by atomic mass is 9.84. The van der Waals surface area contributed by atoms with Crippen molar-refractivity contribution in [2.45, 2.75) is 25.8 Å². The summed E-state index contributed by atoms with van der Waals surface area (Å²) in [4.78, 5) is 20.9. The van der Waals surface area contributed by atoms with Crippen LogP contribution in [0.25, 0.3) is 10.9 Å². The molecular weight excluding hydrogens is 382 g/mol. The van der Waals surface area contributed by atoms with E-state index >= 15 is 0 Å². The fourth-order valence-corrected chi connectivity index (χ4v) is 4.74. The molecule has 2 aliphatic rings. The molecule has 29 heavy (non-hydrogen) atoms. The average molecular weight is 406 g/mol. The van der Waals surface area contributed by atoms with Gasteiger partial charge in [-0.3, -0.25) is 9.69 Å². The summed E-state index contributed by atoms with van der Waals surface area (Å²) in [5, 5.41) is 1.99. The Labute approximate surface area is 175 Å². The van der Waals surface area contributed by atoms with E-state index < -0.39 is 0 Å².